The predicted molar refractivity (Wildman–Crippen MR) is 85.4 cm³/mol. The van der Waals surface area contributed by atoms with Gasteiger partial charge in [0.15, 0.2) is 0 Å². The van der Waals surface area contributed by atoms with Crippen molar-refractivity contribution in [2.24, 2.45) is 5.92 Å². The van der Waals surface area contributed by atoms with Crippen molar-refractivity contribution in [2.45, 2.75) is 26.3 Å². The topological polar surface area (TPSA) is 32.8 Å². The first-order chi connectivity index (χ1) is 10.1. The molecule has 21 heavy (non-hydrogen) atoms. The van der Waals surface area contributed by atoms with Gasteiger partial charge in [-0.2, -0.15) is 0 Å². The number of carbonyl (C=O) groups excluding carboxylic acids is 1. The van der Waals surface area contributed by atoms with Gasteiger partial charge in [-0.15, -0.1) is 0 Å². The molecule has 2 rings (SSSR count). The van der Waals surface area contributed by atoms with E-state index in [1.807, 2.05) is 6.92 Å². The van der Waals surface area contributed by atoms with Gasteiger partial charge in [-0.1, -0.05) is 12.1 Å². The standard InChI is InChI=1S/C17H26N2O2/c1-4-21-17(20)15-9-11-19(12-10-15)16-7-5-14(6-8-16)13-18(2)3/h5-8,15H,4,9-13H2,1-3H3. The summed E-state index contributed by atoms with van der Waals surface area (Å²) in [5.74, 6) is 0.0488. The molecule has 0 N–H and O–H groups in total. The molecular weight excluding hydrogens is 264 g/mol. The summed E-state index contributed by atoms with van der Waals surface area (Å²) in [4.78, 5) is 16.3. The van der Waals surface area contributed by atoms with Crippen molar-refractivity contribution < 1.29 is 9.53 Å². The van der Waals surface area contributed by atoms with Crippen LogP contribution in [-0.4, -0.2) is 44.7 Å². The third kappa shape index (κ3) is 4.46. The van der Waals surface area contributed by atoms with Crippen LogP contribution in [0.2, 0.25) is 0 Å². The largest absolute Gasteiger partial charge is 0.466 e. The molecule has 1 aliphatic rings. The fourth-order valence-electron chi connectivity index (χ4n) is 2.81. The fraction of sp³-hybridized carbons (Fsp3) is 0.588. The van der Waals surface area contributed by atoms with Crippen LogP contribution >= 0.6 is 0 Å². The number of hydrogen-bond acceptors (Lipinski definition) is 4. The second kappa shape index (κ2) is 7.46. The van der Waals surface area contributed by atoms with E-state index in [1.54, 1.807) is 0 Å². The van der Waals surface area contributed by atoms with E-state index in [-0.39, 0.29) is 11.9 Å². The van der Waals surface area contributed by atoms with Crippen molar-refractivity contribution in [2.75, 3.05) is 38.7 Å². The number of benzene rings is 1. The zero-order valence-corrected chi connectivity index (χ0v) is 13.3. The number of hydrogen-bond donors (Lipinski definition) is 0. The van der Waals surface area contributed by atoms with E-state index in [1.165, 1.54) is 11.3 Å². The molecular formula is C17H26N2O2. The summed E-state index contributed by atoms with van der Waals surface area (Å²) in [6, 6.07) is 8.74. The van der Waals surface area contributed by atoms with Gasteiger partial charge in [0.1, 0.15) is 0 Å². The van der Waals surface area contributed by atoms with E-state index in [0.29, 0.717) is 6.61 Å². The Morgan fingerprint density at radius 3 is 2.38 bits per heavy atom. The third-order valence-electron chi connectivity index (χ3n) is 3.92. The lowest BCUT2D eigenvalue weighted by atomic mass is 9.96. The molecule has 4 nitrogen and oxygen atoms in total. The Morgan fingerprint density at radius 2 is 1.86 bits per heavy atom. The average molecular weight is 290 g/mol. The van der Waals surface area contributed by atoms with Gasteiger partial charge in [0.05, 0.1) is 12.5 Å². The molecule has 0 aromatic heterocycles. The Kier molecular flexibility index (Phi) is 5.62. The van der Waals surface area contributed by atoms with E-state index >= 15 is 0 Å². The lowest BCUT2D eigenvalue weighted by molar-refractivity contribution is -0.148. The summed E-state index contributed by atoms with van der Waals surface area (Å²) in [7, 11) is 4.15. The van der Waals surface area contributed by atoms with Crippen LogP contribution in [0, 0.1) is 5.92 Å². The maximum atomic E-state index is 11.7. The van der Waals surface area contributed by atoms with Crippen molar-refractivity contribution in [3.8, 4) is 0 Å². The summed E-state index contributed by atoms with van der Waals surface area (Å²) in [6.45, 7) is 5.16. The minimum atomic E-state index is -0.0292. The molecule has 1 heterocycles. The molecule has 0 spiro atoms. The zero-order valence-electron chi connectivity index (χ0n) is 13.3. The molecule has 0 unspecified atom stereocenters. The smallest absolute Gasteiger partial charge is 0.309 e. The molecule has 0 amide bonds. The van der Waals surface area contributed by atoms with Crippen molar-refractivity contribution in [1.29, 1.82) is 0 Å². The Morgan fingerprint density at radius 1 is 1.24 bits per heavy atom. The van der Waals surface area contributed by atoms with Crippen LogP contribution in [0.3, 0.4) is 0 Å². The van der Waals surface area contributed by atoms with Crippen LogP contribution in [0.15, 0.2) is 24.3 Å². The number of carbonyl (C=O) groups is 1. The fourth-order valence-corrected chi connectivity index (χ4v) is 2.81. The minimum Gasteiger partial charge on any atom is -0.466 e. The van der Waals surface area contributed by atoms with E-state index < -0.39 is 0 Å². The van der Waals surface area contributed by atoms with Crippen molar-refractivity contribution >= 4 is 11.7 Å². The van der Waals surface area contributed by atoms with Gasteiger partial charge >= 0.3 is 5.97 Å². The summed E-state index contributed by atoms with van der Waals surface area (Å²) < 4.78 is 5.11. The molecule has 1 fully saturated rings. The number of esters is 1. The zero-order chi connectivity index (χ0) is 15.2. The van der Waals surface area contributed by atoms with Gasteiger partial charge in [0.2, 0.25) is 0 Å². The van der Waals surface area contributed by atoms with Crippen LogP contribution in [-0.2, 0) is 16.1 Å². The number of nitrogens with zero attached hydrogens (tertiary/aromatic N) is 2. The van der Waals surface area contributed by atoms with E-state index in [0.717, 1.165) is 32.5 Å². The molecule has 0 radical (unpaired) electrons. The minimum absolute atomic E-state index is 0.0292. The Labute approximate surface area is 127 Å². The molecule has 1 aromatic rings. The molecule has 0 aliphatic carbocycles. The summed E-state index contributed by atoms with van der Waals surface area (Å²) >= 11 is 0. The lowest BCUT2D eigenvalue weighted by Gasteiger charge is -2.32. The first-order valence-electron chi connectivity index (χ1n) is 7.75. The Bertz CT molecular complexity index is 448. The highest BCUT2D eigenvalue weighted by Crippen LogP contribution is 2.24. The van der Waals surface area contributed by atoms with E-state index in [4.69, 9.17) is 4.74 Å². The third-order valence-corrected chi connectivity index (χ3v) is 3.92. The average Bonchev–Trinajstić information content (AvgIpc) is 2.48. The summed E-state index contributed by atoms with van der Waals surface area (Å²) in [5, 5.41) is 0. The maximum absolute atomic E-state index is 11.7. The Balaban J connectivity index is 1.88. The summed E-state index contributed by atoms with van der Waals surface area (Å²) in [5.41, 5.74) is 2.57. The predicted octanol–water partition coefficient (Wildman–Crippen LogP) is 2.53. The van der Waals surface area contributed by atoms with Crippen molar-refractivity contribution in [3.05, 3.63) is 29.8 Å². The number of piperidine rings is 1. The molecule has 116 valence electrons. The van der Waals surface area contributed by atoms with Gasteiger partial charge in [0.25, 0.3) is 0 Å². The van der Waals surface area contributed by atoms with Gasteiger partial charge < -0.3 is 14.5 Å². The molecule has 1 aliphatic heterocycles. The monoisotopic (exact) mass is 290 g/mol. The molecule has 0 bridgehead atoms. The lowest BCUT2D eigenvalue weighted by Crippen LogP contribution is -2.36. The summed E-state index contributed by atoms with van der Waals surface area (Å²) in [6.07, 6.45) is 1.77. The molecule has 4 heteroatoms. The van der Waals surface area contributed by atoms with Gasteiger partial charge in [-0.3, -0.25) is 4.79 Å². The molecule has 1 saturated heterocycles. The highest BCUT2D eigenvalue weighted by atomic mass is 16.5. The molecule has 0 saturated carbocycles. The van der Waals surface area contributed by atoms with Crippen LogP contribution in [0.5, 0.6) is 0 Å². The van der Waals surface area contributed by atoms with Crippen LogP contribution in [0.1, 0.15) is 25.3 Å². The second-order valence-corrected chi connectivity index (χ2v) is 5.92. The van der Waals surface area contributed by atoms with Gasteiger partial charge in [0, 0.05) is 25.3 Å². The second-order valence-electron chi connectivity index (χ2n) is 5.92. The number of anilines is 1. The SMILES string of the molecule is CCOC(=O)C1CCN(c2ccc(CN(C)C)cc2)CC1. The van der Waals surface area contributed by atoms with Crippen LogP contribution < -0.4 is 4.90 Å². The molecule has 0 atom stereocenters. The normalized spacial score (nSPS) is 16.3. The highest BCUT2D eigenvalue weighted by molar-refractivity contribution is 5.72. The maximum Gasteiger partial charge on any atom is 0.309 e. The van der Waals surface area contributed by atoms with Crippen molar-refractivity contribution in [1.82, 2.24) is 4.90 Å². The number of ether oxygens (including phenoxy) is 1. The Hall–Kier alpha value is -1.55. The highest BCUT2D eigenvalue weighted by Gasteiger charge is 2.25. The van der Waals surface area contributed by atoms with Crippen molar-refractivity contribution in [3.63, 3.8) is 0 Å². The van der Waals surface area contributed by atoms with Crippen LogP contribution in [0.4, 0.5) is 5.69 Å². The quantitative estimate of drug-likeness (QED) is 0.780. The first kappa shape index (κ1) is 15.8. The van der Waals surface area contributed by atoms with Gasteiger partial charge in [-0.25, -0.2) is 0 Å². The van der Waals surface area contributed by atoms with E-state index in [9.17, 15) is 4.79 Å². The van der Waals surface area contributed by atoms with E-state index in [2.05, 4.69) is 48.2 Å². The number of rotatable bonds is 5. The first-order valence-corrected chi connectivity index (χ1v) is 7.75. The molecule has 1 aromatic carbocycles. The van der Waals surface area contributed by atoms with Crippen LogP contribution in [0.25, 0.3) is 0 Å². The van der Waals surface area contributed by atoms with Gasteiger partial charge in [-0.05, 0) is 51.6 Å².